The molecule has 5 nitrogen and oxygen atoms in total. The minimum Gasteiger partial charge on any atom is -0.507 e. The number of aromatic hydroxyl groups is 1. The number of rotatable bonds is 10. The number of phenolic OH excluding ortho intramolecular Hbond substituents is 1. The van der Waals surface area contributed by atoms with Crippen molar-refractivity contribution in [3.8, 4) is 17.2 Å². The van der Waals surface area contributed by atoms with E-state index in [0.717, 1.165) is 44.9 Å². The summed E-state index contributed by atoms with van der Waals surface area (Å²) in [6, 6.07) is 12.9. The third-order valence-corrected chi connectivity index (χ3v) is 9.32. The Morgan fingerprint density at radius 1 is 0.667 bits per heavy atom. The van der Waals surface area contributed by atoms with Crippen molar-refractivity contribution in [2.75, 3.05) is 13.5 Å². The molecule has 0 fully saturated rings. The molecule has 1 unspecified atom stereocenters. The SMILES string of the molecule is COc1c(Cc2cc(C)cc(C(C)(C)C)c2OCPOC(=O)CCc2cc(C(C)(C)C)c(O)c(C(C)(C)C)c2)cc(C)cc1C(C)(C)C. The van der Waals surface area contributed by atoms with Gasteiger partial charge in [-0.1, -0.05) is 131 Å². The van der Waals surface area contributed by atoms with Crippen molar-refractivity contribution >= 4 is 14.8 Å². The van der Waals surface area contributed by atoms with Gasteiger partial charge in [0.05, 0.1) is 7.11 Å². The van der Waals surface area contributed by atoms with E-state index in [2.05, 4.69) is 121 Å². The first-order valence-corrected chi connectivity index (χ1v) is 18.3. The van der Waals surface area contributed by atoms with Crippen LogP contribution in [0.2, 0.25) is 0 Å². The lowest BCUT2D eigenvalue weighted by Crippen LogP contribution is -2.18. The fraction of sp³-hybridized carbons (Fsp3) is 0.548. The predicted octanol–water partition coefficient (Wildman–Crippen LogP) is 10.9. The predicted molar refractivity (Wildman–Crippen MR) is 203 cm³/mol. The van der Waals surface area contributed by atoms with E-state index in [0.29, 0.717) is 18.6 Å². The topological polar surface area (TPSA) is 65.0 Å². The zero-order chi connectivity index (χ0) is 36.4. The molecule has 0 spiro atoms. The molecule has 264 valence electrons. The highest BCUT2D eigenvalue weighted by molar-refractivity contribution is 7.32. The van der Waals surface area contributed by atoms with E-state index in [1.807, 2.05) is 12.1 Å². The first-order valence-electron chi connectivity index (χ1n) is 17.2. The fourth-order valence-corrected chi connectivity index (χ4v) is 6.71. The second-order valence-electron chi connectivity index (χ2n) is 17.4. The average Bonchev–Trinajstić information content (AvgIpc) is 2.92. The van der Waals surface area contributed by atoms with Gasteiger partial charge in [0.25, 0.3) is 0 Å². The minimum atomic E-state index is -0.251. The number of carbonyl (C=O) groups is 1. The molecule has 6 heteroatoms. The smallest absolute Gasteiger partial charge is 0.308 e. The van der Waals surface area contributed by atoms with Gasteiger partial charge in [0.2, 0.25) is 0 Å². The summed E-state index contributed by atoms with van der Waals surface area (Å²) >= 11 is 0. The monoisotopic (exact) mass is 676 g/mol. The van der Waals surface area contributed by atoms with Gasteiger partial charge in [0, 0.05) is 24.0 Å². The van der Waals surface area contributed by atoms with E-state index in [9.17, 15) is 9.90 Å². The number of hydrogen-bond acceptors (Lipinski definition) is 5. The van der Waals surface area contributed by atoms with E-state index < -0.39 is 0 Å². The van der Waals surface area contributed by atoms with Gasteiger partial charge >= 0.3 is 5.97 Å². The molecule has 0 saturated carbocycles. The summed E-state index contributed by atoms with van der Waals surface area (Å²) in [4.78, 5) is 12.9. The zero-order valence-corrected chi connectivity index (χ0v) is 33.4. The van der Waals surface area contributed by atoms with Crippen molar-refractivity contribution in [3.05, 3.63) is 86.5 Å². The van der Waals surface area contributed by atoms with Crippen LogP contribution in [0, 0.1) is 13.8 Å². The molecule has 0 aliphatic carbocycles. The number of phenols is 1. The normalized spacial score (nSPS) is 12.9. The van der Waals surface area contributed by atoms with Crippen LogP contribution >= 0.6 is 8.81 Å². The summed E-state index contributed by atoms with van der Waals surface area (Å²) in [6.45, 7) is 30.1. The Morgan fingerprint density at radius 2 is 1.10 bits per heavy atom. The third kappa shape index (κ3) is 10.0. The number of methoxy groups -OCH3 is 1. The molecule has 3 aromatic rings. The largest absolute Gasteiger partial charge is 0.507 e. The van der Waals surface area contributed by atoms with Crippen LogP contribution in [0.25, 0.3) is 0 Å². The number of carbonyl (C=O) groups excluding carboxylic acids is 1. The molecule has 1 N–H and O–H groups in total. The molecule has 0 saturated heterocycles. The van der Waals surface area contributed by atoms with Crippen molar-refractivity contribution in [3.63, 3.8) is 0 Å². The maximum absolute atomic E-state index is 12.9. The zero-order valence-electron chi connectivity index (χ0n) is 32.4. The second-order valence-corrected chi connectivity index (χ2v) is 18.2. The fourth-order valence-electron chi connectivity index (χ4n) is 6.18. The molecule has 0 aliphatic heterocycles. The summed E-state index contributed by atoms with van der Waals surface area (Å²) in [5, 5.41) is 11.1. The summed E-state index contributed by atoms with van der Waals surface area (Å²) < 4.78 is 18.3. The molecule has 3 rings (SSSR count). The Kier molecular flexibility index (Phi) is 12.2. The molecular formula is C42H61O5P. The van der Waals surface area contributed by atoms with Crippen LogP contribution in [-0.4, -0.2) is 24.5 Å². The third-order valence-electron chi connectivity index (χ3n) is 8.69. The Balaban J connectivity index is 1.80. The van der Waals surface area contributed by atoms with Gasteiger partial charge in [-0.25, -0.2) is 0 Å². The number of hydrogen-bond donors (Lipinski definition) is 1. The van der Waals surface area contributed by atoms with Gasteiger partial charge in [-0.05, 0) is 69.7 Å². The summed E-state index contributed by atoms with van der Waals surface area (Å²) in [5.41, 5.74) is 9.09. The van der Waals surface area contributed by atoms with E-state index in [4.69, 9.17) is 14.0 Å². The van der Waals surface area contributed by atoms with Crippen molar-refractivity contribution < 1.29 is 23.9 Å². The van der Waals surface area contributed by atoms with Crippen LogP contribution in [0.15, 0.2) is 36.4 Å². The average molecular weight is 677 g/mol. The molecule has 48 heavy (non-hydrogen) atoms. The van der Waals surface area contributed by atoms with E-state index in [1.54, 1.807) is 7.11 Å². The van der Waals surface area contributed by atoms with Crippen molar-refractivity contribution in [1.82, 2.24) is 0 Å². The van der Waals surface area contributed by atoms with Gasteiger partial charge < -0.3 is 19.1 Å². The highest BCUT2D eigenvalue weighted by Crippen LogP contribution is 2.42. The van der Waals surface area contributed by atoms with Crippen LogP contribution in [-0.2, 0) is 43.8 Å². The van der Waals surface area contributed by atoms with Crippen LogP contribution in [0.3, 0.4) is 0 Å². The van der Waals surface area contributed by atoms with E-state index in [1.165, 1.54) is 16.7 Å². The van der Waals surface area contributed by atoms with Gasteiger partial charge in [0.15, 0.2) is 0 Å². The number of ether oxygens (including phenoxy) is 2. The van der Waals surface area contributed by atoms with Gasteiger partial charge in [0.1, 0.15) is 32.4 Å². The standard InChI is InChI=1S/C42H61O5P/c1-26-18-29(37(45-15)33(20-26)41(9,10)11)24-30-19-27(2)21-34(42(12,13)14)38(30)46-25-48-47-35(43)17-16-28-22-31(39(3,4)5)36(44)32(23-28)40(6,7)8/h18-23,44,48H,16-17,24-25H2,1-15H3. The highest BCUT2D eigenvalue weighted by Gasteiger charge is 2.28. The Labute approximate surface area is 293 Å². The summed E-state index contributed by atoms with van der Waals surface area (Å²) in [6.07, 6.45) is 1.75. The van der Waals surface area contributed by atoms with E-state index >= 15 is 0 Å². The van der Waals surface area contributed by atoms with Gasteiger partial charge in [-0.3, -0.25) is 4.79 Å². The number of benzene rings is 3. The summed E-state index contributed by atoms with van der Waals surface area (Å²) in [5.74, 6) is 1.87. The Morgan fingerprint density at radius 3 is 1.54 bits per heavy atom. The van der Waals surface area contributed by atoms with Crippen LogP contribution in [0.5, 0.6) is 17.2 Å². The maximum Gasteiger partial charge on any atom is 0.308 e. The molecule has 0 bridgehead atoms. The molecule has 0 amide bonds. The molecule has 0 aliphatic rings. The van der Waals surface area contributed by atoms with Crippen LogP contribution in [0.1, 0.15) is 140 Å². The van der Waals surface area contributed by atoms with Crippen molar-refractivity contribution in [2.45, 2.75) is 138 Å². The molecular weight excluding hydrogens is 615 g/mol. The lowest BCUT2D eigenvalue weighted by molar-refractivity contribution is -0.133. The molecule has 3 aromatic carbocycles. The minimum absolute atomic E-state index is 0.0638. The highest BCUT2D eigenvalue weighted by atomic mass is 31.1. The van der Waals surface area contributed by atoms with Crippen LogP contribution in [0.4, 0.5) is 0 Å². The van der Waals surface area contributed by atoms with Gasteiger partial charge in [-0.2, -0.15) is 0 Å². The van der Waals surface area contributed by atoms with E-state index in [-0.39, 0.29) is 49.2 Å². The number of aryl methyl sites for hydroxylation is 3. The first kappa shape index (κ1) is 39.4. The lowest BCUT2D eigenvalue weighted by Gasteiger charge is -2.28. The quantitative estimate of drug-likeness (QED) is 0.171. The Bertz CT molecular complexity index is 1570. The molecule has 0 radical (unpaired) electrons. The lowest BCUT2D eigenvalue weighted by atomic mass is 9.78. The van der Waals surface area contributed by atoms with Gasteiger partial charge in [-0.15, -0.1) is 0 Å². The van der Waals surface area contributed by atoms with Crippen molar-refractivity contribution in [1.29, 1.82) is 0 Å². The van der Waals surface area contributed by atoms with Crippen LogP contribution < -0.4 is 9.47 Å². The molecule has 1 atom stereocenters. The summed E-state index contributed by atoms with van der Waals surface area (Å²) in [7, 11) is 1.62. The first-order chi connectivity index (χ1) is 21.9. The Hall–Kier alpha value is -3.04. The maximum atomic E-state index is 12.9. The van der Waals surface area contributed by atoms with Crippen molar-refractivity contribution in [2.24, 2.45) is 0 Å². The second kappa shape index (κ2) is 14.8. The molecule has 0 heterocycles. The molecule has 0 aromatic heterocycles.